The molecule has 0 N–H and O–H groups in total. The van der Waals surface area contributed by atoms with Crippen LogP contribution in [0.5, 0.6) is 0 Å². The molecule has 0 fully saturated rings. The molecule has 4 nitrogen and oxygen atoms in total. The molecule has 0 aromatic heterocycles. The molecule has 19 heavy (non-hydrogen) atoms. The highest BCUT2D eigenvalue weighted by Gasteiger charge is 2.32. The van der Waals surface area contributed by atoms with Crippen molar-refractivity contribution in [3.63, 3.8) is 0 Å². The molecule has 0 unspecified atom stereocenters. The summed E-state index contributed by atoms with van der Waals surface area (Å²) in [6.07, 6.45) is 0. The van der Waals surface area contributed by atoms with E-state index >= 15 is 0 Å². The Labute approximate surface area is 111 Å². The maximum Gasteiger partial charge on any atom is 0.203 e. The Morgan fingerprint density at radius 1 is 1.26 bits per heavy atom. The molecule has 0 aliphatic carbocycles. The van der Waals surface area contributed by atoms with Crippen molar-refractivity contribution in [1.29, 1.82) is 0 Å². The number of halogens is 1. The van der Waals surface area contributed by atoms with Crippen molar-refractivity contribution in [2.45, 2.75) is 24.0 Å². The van der Waals surface area contributed by atoms with Gasteiger partial charge in [-0.1, -0.05) is 12.1 Å². The highest BCUT2D eigenvalue weighted by Crippen LogP contribution is 2.36. The number of hydrogen-bond acceptors (Lipinski definition) is 4. The van der Waals surface area contributed by atoms with Gasteiger partial charge in [-0.3, -0.25) is 0 Å². The smallest absolute Gasteiger partial charge is 0.203 e. The molecule has 0 saturated heterocycles. The third kappa shape index (κ3) is 2.44. The molecule has 2 rings (SSSR count). The average molecular weight is 304 g/mol. The summed E-state index contributed by atoms with van der Waals surface area (Å²) in [6, 6.07) is 3.83. The zero-order chi connectivity index (χ0) is 14.4. The summed E-state index contributed by atoms with van der Waals surface area (Å²) in [6.45, 7) is 3.04. The van der Waals surface area contributed by atoms with Gasteiger partial charge in [-0.2, -0.15) is 0 Å². The summed E-state index contributed by atoms with van der Waals surface area (Å²) < 4.78 is 61.0. The van der Waals surface area contributed by atoms with Gasteiger partial charge in [0.15, 0.2) is 9.84 Å². The molecule has 1 aliphatic rings. The third-order valence-corrected chi connectivity index (χ3v) is 6.70. The lowest BCUT2D eigenvalue weighted by Gasteiger charge is -2.09. The molecule has 7 heteroatoms. The van der Waals surface area contributed by atoms with Crippen LogP contribution in [0.1, 0.15) is 19.4 Å². The highest BCUT2D eigenvalue weighted by atomic mass is 32.2. The molecule has 1 aromatic rings. The van der Waals surface area contributed by atoms with Crippen molar-refractivity contribution < 1.29 is 21.2 Å². The van der Waals surface area contributed by atoms with E-state index in [1.165, 1.54) is 26.0 Å². The molecule has 1 heterocycles. The first kappa shape index (κ1) is 14.2. The van der Waals surface area contributed by atoms with Gasteiger partial charge in [0.2, 0.25) is 9.84 Å². The molecule has 0 spiro atoms. The predicted molar refractivity (Wildman–Crippen MR) is 70.5 cm³/mol. The lowest BCUT2D eigenvalue weighted by atomic mass is 10.1. The second kappa shape index (κ2) is 4.42. The van der Waals surface area contributed by atoms with Gasteiger partial charge in [0.1, 0.15) is 10.7 Å². The zero-order valence-electron chi connectivity index (χ0n) is 10.4. The Morgan fingerprint density at radius 3 is 2.47 bits per heavy atom. The van der Waals surface area contributed by atoms with Crippen LogP contribution in [0.15, 0.2) is 28.5 Å². The van der Waals surface area contributed by atoms with Gasteiger partial charge < -0.3 is 0 Å². The van der Waals surface area contributed by atoms with Gasteiger partial charge in [-0.25, -0.2) is 21.2 Å². The topological polar surface area (TPSA) is 68.3 Å². The lowest BCUT2D eigenvalue weighted by Crippen LogP contribution is -2.18. The van der Waals surface area contributed by atoms with Crippen LogP contribution in [0.3, 0.4) is 0 Å². The molecule has 1 aromatic carbocycles. The van der Waals surface area contributed by atoms with Crippen molar-refractivity contribution in [2.75, 3.05) is 5.75 Å². The third-order valence-electron chi connectivity index (χ3n) is 2.97. The maximum atomic E-state index is 13.6. The summed E-state index contributed by atoms with van der Waals surface area (Å²) in [5, 5.41) is 0.231. The first-order valence-electron chi connectivity index (χ1n) is 5.61. The van der Waals surface area contributed by atoms with E-state index in [1.807, 2.05) is 0 Å². The Balaban J connectivity index is 2.57. The first-order chi connectivity index (χ1) is 8.65. The summed E-state index contributed by atoms with van der Waals surface area (Å²) in [5.41, 5.74) is 0.271. The fourth-order valence-electron chi connectivity index (χ4n) is 1.86. The molecule has 104 valence electrons. The van der Waals surface area contributed by atoms with E-state index in [9.17, 15) is 21.2 Å². The SMILES string of the molecule is CC(C)S(=O)(=O)CC1=CS(=O)(=O)c2c(F)cccc21. The fraction of sp³-hybridized carbons (Fsp3) is 0.333. The van der Waals surface area contributed by atoms with E-state index in [4.69, 9.17) is 0 Å². The average Bonchev–Trinajstić information content (AvgIpc) is 2.50. The Bertz CT molecular complexity index is 759. The van der Waals surface area contributed by atoms with Crippen molar-refractivity contribution in [3.8, 4) is 0 Å². The summed E-state index contributed by atoms with van der Waals surface area (Å²) in [7, 11) is -7.33. The molecule has 1 aliphatic heterocycles. The van der Waals surface area contributed by atoms with Crippen LogP contribution in [-0.4, -0.2) is 27.8 Å². The van der Waals surface area contributed by atoms with Crippen molar-refractivity contribution >= 4 is 25.2 Å². The Kier molecular flexibility index (Phi) is 3.30. The lowest BCUT2D eigenvalue weighted by molar-refractivity contribution is 0.573. The second-order valence-electron chi connectivity index (χ2n) is 4.66. The van der Waals surface area contributed by atoms with Crippen LogP contribution in [-0.2, 0) is 19.7 Å². The van der Waals surface area contributed by atoms with E-state index in [-0.39, 0.29) is 11.1 Å². The summed E-state index contributed by atoms with van der Waals surface area (Å²) >= 11 is 0. The van der Waals surface area contributed by atoms with E-state index in [1.54, 1.807) is 0 Å². The van der Waals surface area contributed by atoms with Gasteiger partial charge >= 0.3 is 0 Å². The van der Waals surface area contributed by atoms with Crippen LogP contribution in [0.2, 0.25) is 0 Å². The maximum absolute atomic E-state index is 13.6. The van der Waals surface area contributed by atoms with Crippen LogP contribution in [0, 0.1) is 5.82 Å². The molecule has 0 bridgehead atoms. The van der Waals surface area contributed by atoms with Gasteiger partial charge in [0, 0.05) is 11.0 Å². The largest absolute Gasteiger partial charge is 0.228 e. The molecular weight excluding hydrogens is 291 g/mol. The number of fused-ring (bicyclic) bond motifs is 1. The van der Waals surface area contributed by atoms with Crippen LogP contribution < -0.4 is 0 Å². The van der Waals surface area contributed by atoms with Crippen molar-refractivity contribution in [3.05, 3.63) is 35.0 Å². The van der Waals surface area contributed by atoms with E-state index in [2.05, 4.69) is 0 Å². The monoisotopic (exact) mass is 304 g/mol. The molecular formula is C12H13FO4S2. The van der Waals surface area contributed by atoms with Gasteiger partial charge in [-0.15, -0.1) is 0 Å². The summed E-state index contributed by atoms with van der Waals surface area (Å²) in [5.74, 6) is -1.26. The number of benzene rings is 1. The summed E-state index contributed by atoms with van der Waals surface area (Å²) in [4.78, 5) is -0.427. The standard InChI is InChI=1S/C12H13FO4S2/c1-8(2)18(14,15)6-9-7-19(16,17)12-10(9)4-3-5-11(12)13/h3-5,7-8H,6H2,1-2H3. The van der Waals surface area contributed by atoms with Crippen molar-refractivity contribution in [1.82, 2.24) is 0 Å². The highest BCUT2D eigenvalue weighted by molar-refractivity contribution is 7.95. The Morgan fingerprint density at radius 2 is 1.89 bits per heavy atom. The minimum Gasteiger partial charge on any atom is -0.228 e. The molecule has 0 amide bonds. The predicted octanol–water partition coefficient (Wildman–Crippen LogP) is 1.78. The minimum absolute atomic E-state index is 0.128. The van der Waals surface area contributed by atoms with Gasteiger partial charge in [0.25, 0.3) is 0 Å². The first-order valence-corrected chi connectivity index (χ1v) is 8.87. The fourth-order valence-corrected chi connectivity index (χ4v) is 4.52. The normalized spacial score (nSPS) is 17.4. The minimum atomic E-state index is -3.89. The van der Waals surface area contributed by atoms with E-state index < -0.39 is 41.4 Å². The zero-order valence-corrected chi connectivity index (χ0v) is 12.1. The van der Waals surface area contributed by atoms with Crippen LogP contribution in [0.4, 0.5) is 4.39 Å². The number of hydrogen-bond donors (Lipinski definition) is 0. The Hall–Kier alpha value is -1.21. The molecule has 0 radical (unpaired) electrons. The van der Waals surface area contributed by atoms with Crippen LogP contribution >= 0.6 is 0 Å². The molecule has 0 saturated carbocycles. The van der Waals surface area contributed by atoms with E-state index in [0.29, 0.717) is 0 Å². The second-order valence-corrected chi connectivity index (χ2v) is 8.95. The van der Waals surface area contributed by atoms with Crippen molar-refractivity contribution in [2.24, 2.45) is 0 Å². The van der Waals surface area contributed by atoms with Crippen LogP contribution in [0.25, 0.3) is 5.57 Å². The number of rotatable bonds is 3. The van der Waals surface area contributed by atoms with E-state index in [0.717, 1.165) is 11.5 Å². The quantitative estimate of drug-likeness (QED) is 0.853. The van der Waals surface area contributed by atoms with Gasteiger partial charge in [-0.05, 0) is 25.5 Å². The number of sulfone groups is 2. The molecule has 0 atom stereocenters. The van der Waals surface area contributed by atoms with Gasteiger partial charge in [0.05, 0.1) is 11.0 Å².